The van der Waals surface area contributed by atoms with Gasteiger partial charge in [0.2, 0.25) is 10.0 Å². The number of phenols is 1. The summed E-state index contributed by atoms with van der Waals surface area (Å²) in [5.41, 5.74) is 0. The molecule has 1 aromatic carbocycles. The average Bonchev–Trinajstić information content (AvgIpc) is 2.51. The summed E-state index contributed by atoms with van der Waals surface area (Å²) >= 11 is 0. The van der Waals surface area contributed by atoms with Crippen LogP contribution in [-0.2, 0) is 14.8 Å². The molecule has 8 heteroatoms. The third kappa shape index (κ3) is 7.85. The number of ether oxygens (including phenoxy) is 1. The van der Waals surface area contributed by atoms with Gasteiger partial charge in [0.25, 0.3) is 5.91 Å². The van der Waals surface area contributed by atoms with Crippen LogP contribution in [0.2, 0.25) is 0 Å². The first-order chi connectivity index (χ1) is 10.8. The number of carbonyl (C=O) groups is 1. The summed E-state index contributed by atoms with van der Waals surface area (Å²) in [6, 6.07) is 6.04. The highest BCUT2D eigenvalue weighted by atomic mass is 32.2. The van der Waals surface area contributed by atoms with Crippen LogP contribution in [0.4, 0.5) is 0 Å². The molecule has 0 saturated heterocycles. The van der Waals surface area contributed by atoms with Crippen molar-refractivity contribution in [2.45, 2.75) is 32.8 Å². The number of hydrogen-bond donors (Lipinski definition) is 3. The van der Waals surface area contributed by atoms with E-state index in [1.807, 2.05) is 6.92 Å². The maximum atomic E-state index is 11.8. The number of sulfonamides is 1. The second kappa shape index (κ2) is 9.36. The van der Waals surface area contributed by atoms with Crippen molar-refractivity contribution in [3.63, 3.8) is 0 Å². The number of nitrogens with one attached hydrogen (secondary N) is 2. The summed E-state index contributed by atoms with van der Waals surface area (Å²) < 4.78 is 31.0. The molecule has 0 aliphatic heterocycles. The first kappa shape index (κ1) is 19.2. The summed E-state index contributed by atoms with van der Waals surface area (Å²) in [5.74, 6) is 0.332. The minimum absolute atomic E-state index is 0.0951. The first-order valence-corrected chi connectivity index (χ1v) is 9.20. The molecule has 1 rings (SSSR count). The number of benzene rings is 1. The molecule has 0 saturated carbocycles. The summed E-state index contributed by atoms with van der Waals surface area (Å²) in [6.45, 7) is 3.84. The fourth-order valence-electron chi connectivity index (χ4n) is 1.72. The lowest BCUT2D eigenvalue weighted by Gasteiger charge is -2.15. The van der Waals surface area contributed by atoms with E-state index in [2.05, 4.69) is 10.0 Å². The van der Waals surface area contributed by atoms with E-state index in [9.17, 15) is 18.3 Å². The highest BCUT2D eigenvalue weighted by Gasteiger charge is 2.14. The Hall–Kier alpha value is -1.80. The molecule has 0 heterocycles. The summed E-state index contributed by atoms with van der Waals surface area (Å²) in [4.78, 5) is 11.8. The molecule has 1 atom stereocenters. The van der Waals surface area contributed by atoms with Crippen molar-refractivity contribution in [1.29, 1.82) is 0 Å². The molecule has 0 radical (unpaired) electrons. The number of carbonyl (C=O) groups excluding carboxylic acids is 1. The van der Waals surface area contributed by atoms with Crippen LogP contribution in [0.5, 0.6) is 11.5 Å². The predicted molar refractivity (Wildman–Crippen MR) is 87.9 cm³/mol. The van der Waals surface area contributed by atoms with Crippen molar-refractivity contribution in [2.24, 2.45) is 0 Å². The Morgan fingerprint density at radius 2 is 1.91 bits per heavy atom. The monoisotopic (exact) mass is 344 g/mol. The van der Waals surface area contributed by atoms with Gasteiger partial charge in [-0.05, 0) is 37.6 Å². The molecular formula is C15H24N2O5S. The SMILES string of the molecule is CCCCS(=O)(=O)NCCNC(=O)C(C)Oc1ccc(O)cc1. The molecule has 1 aromatic rings. The zero-order valence-corrected chi connectivity index (χ0v) is 14.2. The molecule has 0 aliphatic rings. The van der Waals surface area contributed by atoms with E-state index >= 15 is 0 Å². The molecule has 0 aliphatic carbocycles. The highest BCUT2D eigenvalue weighted by Crippen LogP contribution is 2.17. The van der Waals surface area contributed by atoms with Crippen LogP contribution in [0.3, 0.4) is 0 Å². The van der Waals surface area contributed by atoms with E-state index < -0.39 is 16.1 Å². The highest BCUT2D eigenvalue weighted by molar-refractivity contribution is 7.89. The molecule has 0 spiro atoms. The minimum Gasteiger partial charge on any atom is -0.508 e. The maximum absolute atomic E-state index is 11.8. The number of rotatable bonds is 10. The molecule has 1 amide bonds. The van der Waals surface area contributed by atoms with E-state index in [1.165, 1.54) is 12.1 Å². The van der Waals surface area contributed by atoms with E-state index in [1.54, 1.807) is 19.1 Å². The second-order valence-electron chi connectivity index (χ2n) is 5.11. The van der Waals surface area contributed by atoms with Gasteiger partial charge in [-0.2, -0.15) is 0 Å². The summed E-state index contributed by atoms with van der Waals surface area (Å²) in [7, 11) is -3.27. The lowest BCUT2D eigenvalue weighted by atomic mass is 10.3. The van der Waals surface area contributed by atoms with Gasteiger partial charge in [-0.3, -0.25) is 4.79 Å². The lowest BCUT2D eigenvalue weighted by Crippen LogP contribution is -2.41. The number of amides is 1. The van der Waals surface area contributed by atoms with Crippen molar-refractivity contribution in [3.8, 4) is 11.5 Å². The number of unbranched alkanes of at least 4 members (excludes halogenated alkanes) is 1. The van der Waals surface area contributed by atoms with Crippen LogP contribution in [0.25, 0.3) is 0 Å². The van der Waals surface area contributed by atoms with E-state index in [-0.39, 0.29) is 30.5 Å². The van der Waals surface area contributed by atoms with E-state index in [0.29, 0.717) is 12.2 Å². The van der Waals surface area contributed by atoms with Gasteiger partial charge >= 0.3 is 0 Å². The zero-order chi connectivity index (χ0) is 17.3. The van der Waals surface area contributed by atoms with Gasteiger partial charge in [0.1, 0.15) is 11.5 Å². The zero-order valence-electron chi connectivity index (χ0n) is 13.4. The average molecular weight is 344 g/mol. The van der Waals surface area contributed by atoms with E-state index in [0.717, 1.165) is 6.42 Å². The Morgan fingerprint density at radius 1 is 1.26 bits per heavy atom. The third-order valence-corrected chi connectivity index (χ3v) is 4.50. The molecule has 23 heavy (non-hydrogen) atoms. The van der Waals surface area contributed by atoms with Crippen LogP contribution >= 0.6 is 0 Å². The van der Waals surface area contributed by atoms with Gasteiger partial charge in [0.05, 0.1) is 5.75 Å². The van der Waals surface area contributed by atoms with Crippen molar-refractivity contribution in [3.05, 3.63) is 24.3 Å². The summed E-state index contributed by atoms with van der Waals surface area (Å²) in [5, 5.41) is 11.8. The van der Waals surface area contributed by atoms with Gasteiger partial charge in [0.15, 0.2) is 6.10 Å². The van der Waals surface area contributed by atoms with Crippen LogP contribution in [-0.4, -0.2) is 44.4 Å². The quantitative estimate of drug-likeness (QED) is 0.549. The van der Waals surface area contributed by atoms with Gasteiger partial charge in [-0.15, -0.1) is 0 Å². The normalized spacial score (nSPS) is 12.6. The van der Waals surface area contributed by atoms with Crippen LogP contribution in [0, 0.1) is 0 Å². The Kier molecular flexibility index (Phi) is 7.84. The van der Waals surface area contributed by atoms with Crippen molar-refractivity contribution in [1.82, 2.24) is 10.0 Å². The predicted octanol–water partition coefficient (Wildman–Crippen LogP) is 0.995. The standard InChI is InChI=1S/C15H24N2O5S/c1-3-4-11-23(20,21)17-10-9-16-15(19)12(2)22-14-7-5-13(18)6-8-14/h5-8,12,17-18H,3-4,9-11H2,1-2H3,(H,16,19). The second-order valence-corrected chi connectivity index (χ2v) is 7.04. The number of hydrogen-bond acceptors (Lipinski definition) is 5. The Morgan fingerprint density at radius 3 is 2.52 bits per heavy atom. The fourth-order valence-corrected chi connectivity index (χ4v) is 2.95. The fraction of sp³-hybridized carbons (Fsp3) is 0.533. The Balaban J connectivity index is 2.29. The first-order valence-electron chi connectivity index (χ1n) is 7.55. The lowest BCUT2D eigenvalue weighted by molar-refractivity contribution is -0.127. The molecule has 3 N–H and O–H groups in total. The van der Waals surface area contributed by atoms with Gasteiger partial charge < -0.3 is 15.2 Å². The van der Waals surface area contributed by atoms with Gasteiger partial charge in [0, 0.05) is 13.1 Å². The summed E-state index contributed by atoms with van der Waals surface area (Å²) in [6.07, 6.45) is 0.694. The number of aromatic hydroxyl groups is 1. The van der Waals surface area contributed by atoms with Gasteiger partial charge in [-0.25, -0.2) is 13.1 Å². The molecule has 7 nitrogen and oxygen atoms in total. The topological polar surface area (TPSA) is 105 Å². The van der Waals surface area contributed by atoms with Crippen LogP contribution in [0.1, 0.15) is 26.7 Å². The van der Waals surface area contributed by atoms with Crippen LogP contribution < -0.4 is 14.8 Å². The molecule has 0 fully saturated rings. The number of phenolic OH excluding ortho intramolecular Hbond substituents is 1. The Bertz CT molecular complexity index is 586. The van der Waals surface area contributed by atoms with Crippen LogP contribution in [0.15, 0.2) is 24.3 Å². The Labute approximate surface area is 137 Å². The molecule has 1 unspecified atom stereocenters. The maximum Gasteiger partial charge on any atom is 0.260 e. The minimum atomic E-state index is -3.27. The van der Waals surface area contributed by atoms with Gasteiger partial charge in [-0.1, -0.05) is 13.3 Å². The van der Waals surface area contributed by atoms with Crippen molar-refractivity contribution >= 4 is 15.9 Å². The largest absolute Gasteiger partial charge is 0.508 e. The molecule has 0 aromatic heterocycles. The van der Waals surface area contributed by atoms with Crippen molar-refractivity contribution < 1.29 is 23.1 Å². The van der Waals surface area contributed by atoms with Crippen molar-refractivity contribution in [2.75, 3.05) is 18.8 Å². The third-order valence-electron chi connectivity index (χ3n) is 3.03. The van der Waals surface area contributed by atoms with E-state index in [4.69, 9.17) is 4.74 Å². The smallest absolute Gasteiger partial charge is 0.260 e. The molecule has 0 bridgehead atoms. The molecular weight excluding hydrogens is 320 g/mol. The molecule has 130 valence electrons.